The minimum Gasteiger partial charge on any atom is -0.396 e. The van der Waals surface area contributed by atoms with Crippen LogP contribution < -0.4 is 5.32 Å². The molecule has 3 rings (SSSR count). The van der Waals surface area contributed by atoms with E-state index in [0.29, 0.717) is 6.61 Å². The fourth-order valence-electron chi connectivity index (χ4n) is 3.42. The Morgan fingerprint density at radius 1 is 1.00 bits per heavy atom. The van der Waals surface area contributed by atoms with Gasteiger partial charge in [-0.1, -0.05) is 55.3 Å². The van der Waals surface area contributed by atoms with Crippen molar-refractivity contribution in [2.45, 2.75) is 32.2 Å². The fourth-order valence-corrected chi connectivity index (χ4v) is 3.42. The van der Waals surface area contributed by atoms with E-state index in [2.05, 4.69) is 47.8 Å². The number of fused-ring (bicyclic) bond motifs is 1. The van der Waals surface area contributed by atoms with E-state index < -0.39 is 0 Å². The van der Waals surface area contributed by atoms with Gasteiger partial charge in [0, 0.05) is 25.1 Å². The number of hydrogen-bond acceptors (Lipinski definition) is 2. The van der Waals surface area contributed by atoms with Crippen LogP contribution in [0, 0.1) is 5.41 Å². The highest BCUT2D eigenvalue weighted by atomic mass is 16.3. The van der Waals surface area contributed by atoms with Gasteiger partial charge in [-0.2, -0.15) is 0 Å². The van der Waals surface area contributed by atoms with Gasteiger partial charge in [0.1, 0.15) is 0 Å². The van der Waals surface area contributed by atoms with Gasteiger partial charge in [-0.15, -0.1) is 0 Å². The third-order valence-corrected chi connectivity index (χ3v) is 4.70. The molecule has 0 aliphatic heterocycles. The molecule has 1 aliphatic rings. The topological polar surface area (TPSA) is 32.3 Å². The first-order valence-electron chi connectivity index (χ1n) is 7.61. The molecule has 0 spiro atoms. The minimum absolute atomic E-state index is 0.130. The van der Waals surface area contributed by atoms with Crippen molar-refractivity contribution in [3.63, 3.8) is 0 Å². The Morgan fingerprint density at radius 2 is 1.75 bits per heavy atom. The number of aliphatic hydroxyl groups is 1. The standard InChI is InChI=1S/C18H23NO/c20-14-18(10-3-4-11-18)13-19-12-16-8-5-7-15-6-1-2-9-17(15)16/h1-2,5-9,19-20H,3-4,10-14H2. The second kappa shape index (κ2) is 5.94. The Morgan fingerprint density at radius 3 is 2.55 bits per heavy atom. The van der Waals surface area contributed by atoms with Crippen LogP contribution in [0.5, 0.6) is 0 Å². The Hall–Kier alpha value is -1.38. The lowest BCUT2D eigenvalue weighted by molar-refractivity contribution is 0.128. The van der Waals surface area contributed by atoms with Crippen LogP contribution in [0.25, 0.3) is 10.8 Å². The number of hydrogen-bond donors (Lipinski definition) is 2. The molecule has 0 bridgehead atoms. The van der Waals surface area contributed by atoms with Crippen LogP contribution in [-0.4, -0.2) is 18.3 Å². The summed E-state index contributed by atoms with van der Waals surface area (Å²) in [6, 6.07) is 15.0. The van der Waals surface area contributed by atoms with Crippen LogP contribution in [0.2, 0.25) is 0 Å². The average Bonchev–Trinajstić information content (AvgIpc) is 2.97. The van der Waals surface area contributed by atoms with Crippen LogP contribution in [0.1, 0.15) is 31.2 Å². The van der Waals surface area contributed by atoms with Crippen LogP contribution in [0.15, 0.2) is 42.5 Å². The van der Waals surface area contributed by atoms with Gasteiger partial charge in [0.2, 0.25) is 0 Å². The van der Waals surface area contributed by atoms with Gasteiger partial charge in [0.15, 0.2) is 0 Å². The zero-order valence-corrected chi connectivity index (χ0v) is 11.9. The van der Waals surface area contributed by atoms with Crippen molar-refractivity contribution in [3.05, 3.63) is 48.0 Å². The monoisotopic (exact) mass is 269 g/mol. The molecule has 2 aromatic carbocycles. The van der Waals surface area contributed by atoms with Crippen LogP contribution in [-0.2, 0) is 6.54 Å². The van der Waals surface area contributed by atoms with Gasteiger partial charge < -0.3 is 10.4 Å². The van der Waals surface area contributed by atoms with Gasteiger partial charge in [-0.25, -0.2) is 0 Å². The lowest BCUT2D eigenvalue weighted by Crippen LogP contribution is -2.34. The van der Waals surface area contributed by atoms with Crippen LogP contribution >= 0.6 is 0 Å². The Balaban J connectivity index is 1.68. The van der Waals surface area contributed by atoms with Gasteiger partial charge in [0.25, 0.3) is 0 Å². The second-order valence-corrected chi connectivity index (χ2v) is 6.11. The minimum atomic E-state index is 0.130. The first kappa shape index (κ1) is 13.6. The summed E-state index contributed by atoms with van der Waals surface area (Å²) < 4.78 is 0. The predicted octanol–water partition coefficient (Wildman–Crippen LogP) is 3.48. The van der Waals surface area contributed by atoms with E-state index in [1.54, 1.807) is 0 Å². The molecule has 0 aromatic heterocycles. The average molecular weight is 269 g/mol. The predicted molar refractivity (Wildman–Crippen MR) is 83.6 cm³/mol. The molecular formula is C18H23NO. The van der Waals surface area contributed by atoms with E-state index in [-0.39, 0.29) is 5.41 Å². The molecule has 1 fully saturated rings. The maximum atomic E-state index is 9.65. The lowest BCUT2D eigenvalue weighted by atomic mass is 9.87. The number of benzene rings is 2. The zero-order valence-electron chi connectivity index (χ0n) is 11.9. The summed E-state index contributed by atoms with van der Waals surface area (Å²) >= 11 is 0. The van der Waals surface area contributed by atoms with Crippen molar-refractivity contribution in [1.82, 2.24) is 5.32 Å². The van der Waals surface area contributed by atoms with Crippen LogP contribution in [0.3, 0.4) is 0 Å². The Labute approximate surface area is 120 Å². The summed E-state index contributed by atoms with van der Waals surface area (Å²) in [5.41, 5.74) is 1.47. The third kappa shape index (κ3) is 2.72. The molecular weight excluding hydrogens is 246 g/mol. The molecule has 0 saturated heterocycles. The molecule has 0 unspecified atom stereocenters. The van der Waals surface area contributed by atoms with Crippen molar-refractivity contribution < 1.29 is 5.11 Å². The molecule has 2 aromatic rings. The van der Waals surface area contributed by atoms with Gasteiger partial charge >= 0.3 is 0 Å². The van der Waals surface area contributed by atoms with E-state index in [4.69, 9.17) is 0 Å². The van der Waals surface area contributed by atoms with Crippen molar-refractivity contribution >= 4 is 10.8 Å². The van der Waals surface area contributed by atoms with E-state index >= 15 is 0 Å². The van der Waals surface area contributed by atoms with Gasteiger partial charge in [-0.3, -0.25) is 0 Å². The van der Waals surface area contributed by atoms with E-state index in [9.17, 15) is 5.11 Å². The van der Waals surface area contributed by atoms with Crippen LogP contribution in [0.4, 0.5) is 0 Å². The van der Waals surface area contributed by atoms with Crippen molar-refractivity contribution in [2.24, 2.45) is 5.41 Å². The summed E-state index contributed by atoms with van der Waals surface area (Å²) in [5.74, 6) is 0. The van der Waals surface area contributed by atoms with E-state index in [1.165, 1.54) is 29.2 Å². The van der Waals surface area contributed by atoms with E-state index in [1.807, 2.05) is 0 Å². The maximum Gasteiger partial charge on any atom is 0.0499 e. The van der Waals surface area contributed by atoms with E-state index in [0.717, 1.165) is 25.9 Å². The number of aliphatic hydroxyl groups excluding tert-OH is 1. The summed E-state index contributed by atoms with van der Waals surface area (Å²) in [6.07, 6.45) is 4.84. The summed E-state index contributed by atoms with van der Waals surface area (Å²) in [7, 11) is 0. The molecule has 106 valence electrons. The normalized spacial score (nSPS) is 17.6. The molecule has 2 N–H and O–H groups in total. The fraction of sp³-hybridized carbons (Fsp3) is 0.444. The smallest absolute Gasteiger partial charge is 0.0499 e. The molecule has 20 heavy (non-hydrogen) atoms. The van der Waals surface area contributed by atoms with Crippen molar-refractivity contribution in [2.75, 3.05) is 13.2 Å². The van der Waals surface area contributed by atoms with Crippen molar-refractivity contribution in [3.8, 4) is 0 Å². The zero-order chi connectivity index (χ0) is 13.8. The highest BCUT2D eigenvalue weighted by Gasteiger charge is 2.32. The molecule has 0 amide bonds. The Kier molecular flexibility index (Phi) is 4.04. The van der Waals surface area contributed by atoms with Crippen molar-refractivity contribution in [1.29, 1.82) is 0 Å². The number of nitrogens with one attached hydrogen (secondary N) is 1. The molecule has 0 atom stereocenters. The second-order valence-electron chi connectivity index (χ2n) is 6.11. The SMILES string of the molecule is OCC1(CNCc2cccc3ccccc23)CCCC1. The first-order chi connectivity index (χ1) is 9.83. The molecule has 2 nitrogen and oxygen atoms in total. The largest absolute Gasteiger partial charge is 0.396 e. The molecule has 0 heterocycles. The molecule has 0 radical (unpaired) electrons. The highest BCUT2D eigenvalue weighted by molar-refractivity contribution is 5.85. The van der Waals surface area contributed by atoms with Gasteiger partial charge in [-0.05, 0) is 29.2 Å². The highest BCUT2D eigenvalue weighted by Crippen LogP contribution is 2.37. The lowest BCUT2D eigenvalue weighted by Gasteiger charge is -2.26. The summed E-state index contributed by atoms with van der Waals surface area (Å²) in [4.78, 5) is 0. The quantitative estimate of drug-likeness (QED) is 0.871. The molecule has 1 aliphatic carbocycles. The molecule has 1 saturated carbocycles. The molecule has 2 heteroatoms. The Bertz CT molecular complexity index is 567. The number of rotatable bonds is 5. The van der Waals surface area contributed by atoms with Gasteiger partial charge in [0.05, 0.1) is 0 Å². The maximum absolute atomic E-state index is 9.65. The first-order valence-corrected chi connectivity index (χ1v) is 7.61. The third-order valence-electron chi connectivity index (χ3n) is 4.70. The summed E-state index contributed by atoms with van der Waals surface area (Å²) in [5, 5.41) is 15.8. The summed E-state index contributed by atoms with van der Waals surface area (Å²) in [6.45, 7) is 2.12.